The summed E-state index contributed by atoms with van der Waals surface area (Å²) in [4.78, 5) is 10.6. The van der Waals surface area contributed by atoms with Crippen LogP contribution in [0.3, 0.4) is 0 Å². The summed E-state index contributed by atoms with van der Waals surface area (Å²) in [6.07, 6.45) is -1.51. The van der Waals surface area contributed by atoms with Crippen LogP contribution in [0.4, 0.5) is 0 Å². The Morgan fingerprint density at radius 3 is 2.64 bits per heavy atom. The van der Waals surface area contributed by atoms with Crippen molar-refractivity contribution in [3.63, 3.8) is 0 Å². The Labute approximate surface area is 64.1 Å². The molecule has 0 fully saturated rings. The highest BCUT2D eigenvalue weighted by Crippen LogP contribution is 2.32. The maximum atomic E-state index is 10.6. The summed E-state index contributed by atoms with van der Waals surface area (Å²) >= 11 is 0. The van der Waals surface area contributed by atoms with E-state index in [1.165, 1.54) is 0 Å². The minimum absolute atomic E-state index is 0.356. The largest absolute Gasteiger partial charge is 0.774 e. The molecule has 5 N–H and O–H groups in total. The summed E-state index contributed by atoms with van der Waals surface area (Å²) in [6, 6.07) is 0. The number of hydrogen-bond donors (Lipinski definition) is 3. The highest BCUT2D eigenvalue weighted by atomic mass is 31.2. The van der Waals surface area contributed by atoms with E-state index in [9.17, 15) is 9.46 Å². The average molecular weight is 185 g/mol. The smallest absolute Gasteiger partial charge is 0.189 e. The first-order chi connectivity index (χ1) is 5.02. The average Bonchev–Trinajstić information content (AvgIpc) is 2.00. The van der Waals surface area contributed by atoms with Crippen LogP contribution in [0, 0.1) is 0 Å². The van der Waals surface area contributed by atoms with Gasteiger partial charge in [0.25, 0.3) is 0 Å². The Hall–Kier alpha value is 0.0300. The lowest BCUT2D eigenvalue weighted by Crippen LogP contribution is -2.51. The predicted molar refractivity (Wildman–Crippen MR) is 34.4 cm³/mol. The molecule has 6 nitrogen and oxygen atoms in total. The summed E-state index contributed by atoms with van der Waals surface area (Å²) < 4.78 is 14.8. The van der Waals surface area contributed by atoms with Crippen molar-refractivity contribution in [2.45, 2.75) is 6.10 Å². The van der Waals surface area contributed by atoms with Crippen LogP contribution < -0.4 is 10.6 Å². The topological polar surface area (TPSA) is 117 Å². The zero-order valence-corrected chi connectivity index (χ0v) is 6.87. The van der Waals surface area contributed by atoms with Gasteiger partial charge in [-0.25, -0.2) is 0 Å². The van der Waals surface area contributed by atoms with Crippen molar-refractivity contribution < 1.29 is 29.9 Å². The first kappa shape index (κ1) is 11.0. The van der Waals surface area contributed by atoms with Crippen LogP contribution in [-0.4, -0.2) is 35.8 Å². The molecular weight excluding hydrogens is 173 g/mol. The van der Waals surface area contributed by atoms with Gasteiger partial charge in [0.15, 0.2) is 7.60 Å². The lowest BCUT2D eigenvalue weighted by molar-refractivity contribution is -0.359. The Bertz CT molecular complexity index is 151. The van der Waals surface area contributed by atoms with Gasteiger partial charge in [-0.2, -0.15) is 0 Å². The molecule has 0 aromatic heterocycles. The molecule has 2 atom stereocenters. The Kier molecular flexibility index (Phi) is 4.83. The lowest BCUT2D eigenvalue weighted by atomic mass is 10.4. The van der Waals surface area contributed by atoms with Gasteiger partial charge in [0.05, 0.1) is 13.2 Å². The maximum Gasteiger partial charge on any atom is 0.189 e. The molecule has 2 unspecified atom stereocenters. The fraction of sp³-hybridized carbons (Fsp3) is 1.00. The van der Waals surface area contributed by atoms with Crippen LogP contribution in [-0.2, 0) is 9.09 Å². The molecule has 11 heavy (non-hydrogen) atoms. The van der Waals surface area contributed by atoms with Gasteiger partial charge < -0.3 is 29.9 Å². The standard InChI is InChI=1S/C4H12NO5P/c5-3-11(8,9)10-2-4(7)1-6/h4,6-7H,1-3,5H2,(H,8,9). The number of quaternary nitrogens is 1. The van der Waals surface area contributed by atoms with Crippen LogP contribution in [0.5, 0.6) is 0 Å². The third-order valence-corrected chi connectivity index (χ3v) is 2.04. The Morgan fingerprint density at radius 1 is 1.73 bits per heavy atom. The van der Waals surface area contributed by atoms with E-state index in [4.69, 9.17) is 10.2 Å². The summed E-state index contributed by atoms with van der Waals surface area (Å²) in [5.41, 5.74) is 3.12. The second kappa shape index (κ2) is 4.82. The summed E-state index contributed by atoms with van der Waals surface area (Å²) in [5.74, 6) is 0. The summed E-state index contributed by atoms with van der Waals surface area (Å²) in [7, 11) is -3.87. The van der Waals surface area contributed by atoms with Crippen molar-refractivity contribution in [3.05, 3.63) is 0 Å². The van der Waals surface area contributed by atoms with Gasteiger partial charge in [-0.3, -0.25) is 0 Å². The number of hydrogen-bond acceptors (Lipinski definition) is 5. The van der Waals surface area contributed by atoms with Crippen molar-refractivity contribution in [2.24, 2.45) is 0 Å². The van der Waals surface area contributed by atoms with Gasteiger partial charge in [0, 0.05) is 0 Å². The summed E-state index contributed by atoms with van der Waals surface area (Å²) in [5, 5.41) is 16.9. The van der Waals surface area contributed by atoms with E-state index in [1.54, 1.807) is 0 Å². The van der Waals surface area contributed by atoms with Crippen LogP contribution in [0.1, 0.15) is 0 Å². The fourth-order valence-electron chi connectivity index (χ4n) is 0.317. The third kappa shape index (κ3) is 5.32. The van der Waals surface area contributed by atoms with E-state index in [1.807, 2.05) is 0 Å². The highest BCUT2D eigenvalue weighted by molar-refractivity contribution is 7.50. The van der Waals surface area contributed by atoms with E-state index in [2.05, 4.69) is 10.3 Å². The van der Waals surface area contributed by atoms with E-state index in [-0.39, 0.29) is 6.29 Å². The van der Waals surface area contributed by atoms with Crippen LogP contribution >= 0.6 is 7.60 Å². The maximum absolute atomic E-state index is 10.6. The van der Waals surface area contributed by atoms with Gasteiger partial charge in [-0.05, 0) is 0 Å². The zero-order chi connectivity index (χ0) is 8.91. The van der Waals surface area contributed by atoms with Gasteiger partial charge in [0.1, 0.15) is 12.4 Å². The Morgan fingerprint density at radius 2 is 2.27 bits per heavy atom. The first-order valence-corrected chi connectivity index (χ1v) is 4.77. The van der Waals surface area contributed by atoms with Crippen LogP contribution in [0.2, 0.25) is 0 Å². The SMILES string of the molecule is [NH3+]CP(=O)([O-])OCC(O)CO. The van der Waals surface area contributed by atoms with Crippen molar-refractivity contribution in [1.82, 2.24) is 0 Å². The Balaban J connectivity index is 3.61. The molecule has 0 amide bonds. The monoisotopic (exact) mass is 185 g/mol. The van der Waals surface area contributed by atoms with E-state index in [0.717, 1.165) is 0 Å². The molecular formula is C4H12NO5P. The molecule has 7 heteroatoms. The van der Waals surface area contributed by atoms with Crippen molar-refractivity contribution in [2.75, 3.05) is 19.5 Å². The van der Waals surface area contributed by atoms with Crippen LogP contribution in [0.25, 0.3) is 0 Å². The lowest BCUT2D eigenvalue weighted by Gasteiger charge is -2.20. The quantitative estimate of drug-likeness (QED) is 0.397. The minimum Gasteiger partial charge on any atom is -0.774 e. The highest BCUT2D eigenvalue weighted by Gasteiger charge is 2.10. The molecule has 0 radical (unpaired) electrons. The van der Waals surface area contributed by atoms with E-state index in [0.29, 0.717) is 0 Å². The zero-order valence-electron chi connectivity index (χ0n) is 5.97. The van der Waals surface area contributed by atoms with Gasteiger partial charge in [-0.15, -0.1) is 0 Å². The second-order valence-electron chi connectivity index (χ2n) is 1.97. The molecule has 0 aliphatic heterocycles. The molecule has 0 aliphatic carbocycles. The number of aliphatic hydroxyl groups is 2. The molecule has 68 valence electrons. The predicted octanol–water partition coefficient (Wildman–Crippen LogP) is -2.89. The van der Waals surface area contributed by atoms with Gasteiger partial charge in [-0.1, -0.05) is 0 Å². The molecule has 0 heterocycles. The van der Waals surface area contributed by atoms with Crippen molar-refractivity contribution in [1.29, 1.82) is 0 Å². The number of rotatable bonds is 5. The number of aliphatic hydroxyl groups excluding tert-OH is 2. The molecule has 0 bridgehead atoms. The molecule has 0 aliphatic rings. The first-order valence-electron chi connectivity index (χ1n) is 3.04. The molecule has 0 rings (SSSR count). The van der Waals surface area contributed by atoms with Crippen molar-refractivity contribution in [3.8, 4) is 0 Å². The van der Waals surface area contributed by atoms with E-state index >= 15 is 0 Å². The normalized spacial score (nSPS) is 19.3. The summed E-state index contributed by atoms with van der Waals surface area (Å²) in [6.45, 7) is -0.927. The second-order valence-corrected chi connectivity index (χ2v) is 3.89. The molecule has 0 saturated heterocycles. The minimum atomic E-state index is -3.87. The molecule has 0 saturated carbocycles. The van der Waals surface area contributed by atoms with E-state index < -0.39 is 26.9 Å². The van der Waals surface area contributed by atoms with Crippen LogP contribution in [0.15, 0.2) is 0 Å². The fourth-order valence-corrected chi connectivity index (χ4v) is 0.845. The molecule has 0 spiro atoms. The molecule has 0 aromatic rings. The van der Waals surface area contributed by atoms with Gasteiger partial charge >= 0.3 is 0 Å². The van der Waals surface area contributed by atoms with Gasteiger partial charge in [0.2, 0.25) is 0 Å². The third-order valence-electron chi connectivity index (χ3n) is 0.948. The molecule has 0 aromatic carbocycles. The van der Waals surface area contributed by atoms with Crippen molar-refractivity contribution >= 4 is 7.60 Å².